The van der Waals surface area contributed by atoms with Crippen LogP contribution in [0.15, 0.2) is 30.5 Å². The zero-order chi connectivity index (χ0) is 11.0. The van der Waals surface area contributed by atoms with E-state index in [2.05, 4.69) is 9.97 Å². The number of hydrogen-bond acceptors (Lipinski definition) is 3. The number of rotatable bonds is 3. The van der Waals surface area contributed by atoms with Crippen LogP contribution in [0.1, 0.15) is 31.0 Å². The van der Waals surface area contributed by atoms with Crippen molar-refractivity contribution in [3.8, 4) is 0 Å². The first kappa shape index (κ1) is 9.73. The van der Waals surface area contributed by atoms with Crippen LogP contribution in [0.2, 0.25) is 0 Å². The van der Waals surface area contributed by atoms with Crippen molar-refractivity contribution in [3.63, 3.8) is 0 Å². The van der Waals surface area contributed by atoms with Crippen LogP contribution in [0.3, 0.4) is 0 Å². The molecule has 0 spiro atoms. The van der Waals surface area contributed by atoms with Gasteiger partial charge in [0.15, 0.2) is 0 Å². The highest BCUT2D eigenvalue weighted by molar-refractivity contribution is 5.73. The Kier molecular flexibility index (Phi) is 2.33. The summed E-state index contributed by atoms with van der Waals surface area (Å²) in [5.41, 5.74) is 8.92. The average molecular weight is 213 g/mol. The first-order chi connectivity index (χ1) is 7.83. The lowest BCUT2D eigenvalue weighted by Crippen LogP contribution is -2.13. The van der Waals surface area contributed by atoms with Gasteiger partial charge in [0.1, 0.15) is 0 Å². The average Bonchev–Trinajstić information content (AvgIpc) is 3.12. The van der Waals surface area contributed by atoms with E-state index in [-0.39, 0.29) is 6.04 Å². The minimum atomic E-state index is 0.0459. The highest BCUT2D eigenvalue weighted by atomic mass is 14.8. The van der Waals surface area contributed by atoms with E-state index in [0.717, 1.165) is 29.1 Å². The molecular weight excluding hydrogens is 198 g/mol. The Labute approximate surface area is 94.7 Å². The number of nitrogens with two attached hydrogens (primary N) is 1. The molecule has 16 heavy (non-hydrogen) atoms. The number of hydrogen-bond donors (Lipinski definition) is 1. The molecule has 0 saturated heterocycles. The molecular formula is C13H15N3. The summed E-state index contributed by atoms with van der Waals surface area (Å²) in [5.74, 6) is 0.822. The molecule has 1 heterocycles. The molecule has 3 heteroatoms. The van der Waals surface area contributed by atoms with E-state index in [1.165, 1.54) is 12.8 Å². The topological polar surface area (TPSA) is 51.8 Å². The van der Waals surface area contributed by atoms with Crippen molar-refractivity contribution >= 4 is 11.0 Å². The minimum absolute atomic E-state index is 0.0459. The fourth-order valence-corrected chi connectivity index (χ4v) is 1.98. The van der Waals surface area contributed by atoms with Crippen molar-refractivity contribution in [3.05, 3.63) is 36.2 Å². The van der Waals surface area contributed by atoms with Gasteiger partial charge in [-0.2, -0.15) is 0 Å². The highest BCUT2D eigenvalue weighted by Crippen LogP contribution is 2.36. The molecule has 1 atom stereocenters. The number of benzene rings is 1. The van der Waals surface area contributed by atoms with Gasteiger partial charge in [-0.05, 0) is 24.5 Å². The molecule has 1 aliphatic carbocycles. The second-order valence-electron chi connectivity index (χ2n) is 4.57. The molecule has 1 aromatic carbocycles. The molecule has 2 aromatic rings. The van der Waals surface area contributed by atoms with Crippen molar-refractivity contribution < 1.29 is 0 Å². The molecule has 1 fully saturated rings. The second kappa shape index (κ2) is 3.83. The smallest absolute Gasteiger partial charge is 0.0890 e. The normalized spacial score (nSPS) is 17.6. The summed E-state index contributed by atoms with van der Waals surface area (Å²) in [5, 5.41) is 0. The number of aromatic nitrogens is 2. The van der Waals surface area contributed by atoms with Gasteiger partial charge in [-0.1, -0.05) is 25.0 Å². The van der Waals surface area contributed by atoms with E-state index in [9.17, 15) is 0 Å². The second-order valence-corrected chi connectivity index (χ2v) is 4.57. The van der Waals surface area contributed by atoms with Gasteiger partial charge in [-0.25, -0.2) is 4.98 Å². The highest BCUT2D eigenvalue weighted by Gasteiger charge is 2.25. The summed E-state index contributed by atoms with van der Waals surface area (Å²) < 4.78 is 0. The third-order valence-electron chi connectivity index (χ3n) is 3.13. The lowest BCUT2D eigenvalue weighted by molar-refractivity contribution is 0.583. The maximum absolute atomic E-state index is 6.12. The van der Waals surface area contributed by atoms with Crippen molar-refractivity contribution in [2.75, 3.05) is 0 Å². The Morgan fingerprint density at radius 2 is 2.00 bits per heavy atom. The third-order valence-corrected chi connectivity index (χ3v) is 3.13. The molecule has 82 valence electrons. The van der Waals surface area contributed by atoms with Crippen LogP contribution in [0, 0.1) is 5.92 Å². The van der Waals surface area contributed by atoms with Gasteiger partial charge in [0.2, 0.25) is 0 Å². The van der Waals surface area contributed by atoms with E-state index < -0.39 is 0 Å². The summed E-state index contributed by atoms with van der Waals surface area (Å²) in [7, 11) is 0. The molecule has 0 aliphatic heterocycles. The molecule has 1 aliphatic rings. The van der Waals surface area contributed by atoms with Crippen molar-refractivity contribution in [2.45, 2.75) is 25.3 Å². The molecule has 0 radical (unpaired) electrons. The van der Waals surface area contributed by atoms with Crippen molar-refractivity contribution in [1.82, 2.24) is 9.97 Å². The maximum Gasteiger partial charge on any atom is 0.0890 e. The van der Waals surface area contributed by atoms with Crippen LogP contribution in [0.4, 0.5) is 0 Å². The minimum Gasteiger partial charge on any atom is -0.323 e. The van der Waals surface area contributed by atoms with E-state index >= 15 is 0 Å². The van der Waals surface area contributed by atoms with Gasteiger partial charge in [-0.3, -0.25) is 4.98 Å². The molecule has 1 saturated carbocycles. The Balaban J connectivity index is 1.91. The first-order valence-corrected chi connectivity index (χ1v) is 5.80. The third kappa shape index (κ3) is 1.91. The molecule has 2 N–H and O–H groups in total. The number of para-hydroxylation sites is 2. The first-order valence-electron chi connectivity index (χ1n) is 5.80. The fraction of sp³-hybridized carbons (Fsp3) is 0.385. The van der Waals surface area contributed by atoms with E-state index in [4.69, 9.17) is 5.73 Å². The van der Waals surface area contributed by atoms with Crippen LogP contribution in [0.5, 0.6) is 0 Å². The summed E-state index contributed by atoms with van der Waals surface area (Å²) in [4.78, 5) is 8.96. The zero-order valence-corrected chi connectivity index (χ0v) is 9.13. The number of fused-ring (bicyclic) bond motifs is 1. The largest absolute Gasteiger partial charge is 0.323 e. The predicted molar refractivity (Wildman–Crippen MR) is 63.8 cm³/mol. The van der Waals surface area contributed by atoms with Crippen molar-refractivity contribution in [1.29, 1.82) is 0 Å². The molecule has 1 unspecified atom stereocenters. The summed E-state index contributed by atoms with van der Waals surface area (Å²) in [6, 6.07) is 7.95. The van der Waals surface area contributed by atoms with Gasteiger partial charge in [0.05, 0.1) is 22.9 Å². The van der Waals surface area contributed by atoms with Crippen LogP contribution < -0.4 is 5.73 Å². The van der Waals surface area contributed by atoms with E-state index in [1.807, 2.05) is 30.5 Å². The summed E-state index contributed by atoms with van der Waals surface area (Å²) in [6.45, 7) is 0. The SMILES string of the molecule is NC(CC1CC1)c1cnc2ccccc2n1. The molecule has 3 rings (SSSR count). The standard InChI is InChI=1S/C13H15N3/c14-10(7-9-5-6-9)13-8-15-11-3-1-2-4-12(11)16-13/h1-4,8-10H,5-7,14H2. The quantitative estimate of drug-likeness (QED) is 0.851. The Morgan fingerprint density at radius 1 is 1.25 bits per heavy atom. The fourth-order valence-electron chi connectivity index (χ4n) is 1.98. The lowest BCUT2D eigenvalue weighted by Gasteiger charge is -2.10. The Morgan fingerprint density at radius 3 is 2.75 bits per heavy atom. The van der Waals surface area contributed by atoms with E-state index in [0.29, 0.717) is 0 Å². The predicted octanol–water partition coefficient (Wildman–Crippen LogP) is 2.43. The zero-order valence-electron chi connectivity index (χ0n) is 9.13. The van der Waals surface area contributed by atoms with Gasteiger partial charge < -0.3 is 5.73 Å². The van der Waals surface area contributed by atoms with Gasteiger partial charge in [-0.15, -0.1) is 0 Å². The van der Waals surface area contributed by atoms with Crippen LogP contribution in [0.25, 0.3) is 11.0 Å². The van der Waals surface area contributed by atoms with E-state index in [1.54, 1.807) is 0 Å². The monoisotopic (exact) mass is 213 g/mol. The molecule has 1 aromatic heterocycles. The summed E-state index contributed by atoms with van der Waals surface area (Å²) >= 11 is 0. The van der Waals surface area contributed by atoms with Gasteiger partial charge >= 0.3 is 0 Å². The number of nitrogens with zero attached hydrogens (tertiary/aromatic N) is 2. The lowest BCUT2D eigenvalue weighted by atomic mass is 10.1. The summed E-state index contributed by atoms with van der Waals surface area (Å²) in [6.07, 6.45) is 5.52. The molecule has 3 nitrogen and oxygen atoms in total. The maximum atomic E-state index is 6.12. The van der Waals surface area contributed by atoms with Crippen LogP contribution >= 0.6 is 0 Å². The van der Waals surface area contributed by atoms with Crippen molar-refractivity contribution in [2.24, 2.45) is 11.7 Å². The van der Waals surface area contributed by atoms with Crippen LogP contribution in [-0.4, -0.2) is 9.97 Å². The van der Waals surface area contributed by atoms with Gasteiger partial charge in [0.25, 0.3) is 0 Å². The Hall–Kier alpha value is -1.48. The van der Waals surface area contributed by atoms with Crippen LogP contribution in [-0.2, 0) is 0 Å². The van der Waals surface area contributed by atoms with Gasteiger partial charge in [0, 0.05) is 6.04 Å². The molecule has 0 bridgehead atoms. The Bertz CT molecular complexity index is 505. The molecule has 0 amide bonds.